The van der Waals surface area contributed by atoms with Crippen LogP contribution in [0.15, 0.2) is 48.5 Å². The van der Waals surface area contributed by atoms with Crippen molar-refractivity contribution in [1.29, 1.82) is 0 Å². The molecule has 126 valence electrons. The summed E-state index contributed by atoms with van der Waals surface area (Å²) in [6.07, 6.45) is 3.35. The Morgan fingerprint density at radius 2 is 2.04 bits per heavy atom. The van der Waals surface area contributed by atoms with Crippen LogP contribution in [0.3, 0.4) is 0 Å². The minimum Gasteiger partial charge on any atom is -0.493 e. The van der Waals surface area contributed by atoms with E-state index in [9.17, 15) is 4.79 Å². The van der Waals surface area contributed by atoms with Crippen molar-refractivity contribution in [1.82, 2.24) is 5.32 Å². The summed E-state index contributed by atoms with van der Waals surface area (Å²) in [5.74, 6) is 1.82. The highest BCUT2D eigenvalue weighted by Crippen LogP contribution is 2.25. The van der Waals surface area contributed by atoms with Crippen molar-refractivity contribution < 1.29 is 14.3 Å². The smallest absolute Gasteiger partial charge is 0.223 e. The molecular formula is C20H23NO3. The first-order valence-electron chi connectivity index (χ1n) is 8.50. The van der Waals surface area contributed by atoms with Crippen molar-refractivity contribution in [3.05, 3.63) is 59.7 Å². The van der Waals surface area contributed by atoms with Crippen molar-refractivity contribution in [2.75, 3.05) is 19.8 Å². The van der Waals surface area contributed by atoms with E-state index >= 15 is 0 Å². The van der Waals surface area contributed by atoms with Crippen molar-refractivity contribution in [2.24, 2.45) is 0 Å². The molecule has 1 aliphatic rings. The Morgan fingerprint density at radius 3 is 2.92 bits per heavy atom. The zero-order chi connectivity index (χ0) is 16.6. The molecule has 0 aromatic heterocycles. The molecule has 1 amide bonds. The third kappa shape index (κ3) is 4.75. The number of nitrogens with one attached hydrogen (secondary N) is 1. The van der Waals surface area contributed by atoms with Gasteiger partial charge < -0.3 is 14.8 Å². The molecule has 2 aromatic rings. The lowest BCUT2D eigenvalue weighted by atomic mass is 10.0. The molecule has 0 radical (unpaired) electrons. The molecule has 0 fully saturated rings. The zero-order valence-corrected chi connectivity index (χ0v) is 13.8. The van der Waals surface area contributed by atoms with Gasteiger partial charge in [0, 0.05) is 6.54 Å². The highest BCUT2D eigenvalue weighted by Gasteiger charge is 2.10. The van der Waals surface area contributed by atoms with E-state index in [0.717, 1.165) is 37.4 Å². The Morgan fingerprint density at radius 1 is 1.17 bits per heavy atom. The van der Waals surface area contributed by atoms with E-state index in [4.69, 9.17) is 9.47 Å². The van der Waals surface area contributed by atoms with Gasteiger partial charge in [-0.15, -0.1) is 0 Å². The van der Waals surface area contributed by atoms with Gasteiger partial charge in [-0.2, -0.15) is 0 Å². The van der Waals surface area contributed by atoms with Crippen LogP contribution in [0.2, 0.25) is 0 Å². The summed E-state index contributed by atoms with van der Waals surface area (Å²) in [4.78, 5) is 11.8. The molecule has 0 unspecified atom stereocenters. The largest absolute Gasteiger partial charge is 0.493 e. The Bertz CT molecular complexity index is 670. The van der Waals surface area contributed by atoms with Crippen LogP contribution in [-0.4, -0.2) is 25.7 Å². The van der Waals surface area contributed by atoms with E-state index in [1.807, 2.05) is 36.4 Å². The van der Waals surface area contributed by atoms with Gasteiger partial charge in [-0.05, 0) is 48.6 Å². The van der Waals surface area contributed by atoms with Crippen LogP contribution in [0, 0.1) is 0 Å². The molecule has 1 aliphatic heterocycles. The number of benzene rings is 2. The van der Waals surface area contributed by atoms with E-state index in [-0.39, 0.29) is 5.91 Å². The molecule has 2 aromatic carbocycles. The molecule has 0 spiro atoms. The molecule has 4 nitrogen and oxygen atoms in total. The van der Waals surface area contributed by atoms with E-state index in [0.29, 0.717) is 19.6 Å². The molecular weight excluding hydrogens is 302 g/mol. The first-order valence-corrected chi connectivity index (χ1v) is 8.50. The lowest BCUT2D eigenvalue weighted by molar-refractivity contribution is -0.121. The maximum Gasteiger partial charge on any atom is 0.223 e. The molecule has 0 aliphatic carbocycles. The molecule has 0 saturated carbocycles. The van der Waals surface area contributed by atoms with Crippen molar-refractivity contribution in [2.45, 2.75) is 25.7 Å². The maximum atomic E-state index is 11.8. The fourth-order valence-corrected chi connectivity index (χ4v) is 2.78. The number of amides is 1. The number of ether oxygens (including phenoxy) is 2. The number of para-hydroxylation sites is 1. The molecule has 24 heavy (non-hydrogen) atoms. The molecule has 1 heterocycles. The molecule has 3 rings (SSSR count). The molecule has 4 heteroatoms. The number of hydrogen-bond acceptors (Lipinski definition) is 3. The number of carbonyl (C=O) groups is 1. The maximum absolute atomic E-state index is 11.8. The van der Waals surface area contributed by atoms with Crippen LogP contribution in [0.25, 0.3) is 0 Å². The summed E-state index contributed by atoms with van der Waals surface area (Å²) >= 11 is 0. The first-order chi connectivity index (χ1) is 11.8. The number of aryl methyl sites for hydroxylation is 1. The van der Waals surface area contributed by atoms with Gasteiger partial charge in [0.15, 0.2) is 0 Å². The van der Waals surface area contributed by atoms with Gasteiger partial charge in [-0.1, -0.05) is 30.3 Å². The van der Waals surface area contributed by atoms with E-state index < -0.39 is 0 Å². The van der Waals surface area contributed by atoms with Gasteiger partial charge in [-0.25, -0.2) is 0 Å². The minimum atomic E-state index is 0.0206. The topological polar surface area (TPSA) is 47.6 Å². The summed E-state index contributed by atoms with van der Waals surface area (Å²) < 4.78 is 11.1. The van der Waals surface area contributed by atoms with Gasteiger partial charge in [-0.3, -0.25) is 4.79 Å². The number of fused-ring (bicyclic) bond motifs is 1. The van der Waals surface area contributed by atoms with Crippen LogP contribution in [-0.2, 0) is 17.6 Å². The van der Waals surface area contributed by atoms with Crippen molar-refractivity contribution >= 4 is 5.91 Å². The Hall–Kier alpha value is -2.49. The normalized spacial score (nSPS) is 12.8. The average Bonchev–Trinajstić information content (AvgIpc) is 2.62. The minimum absolute atomic E-state index is 0.0206. The molecule has 0 atom stereocenters. The van der Waals surface area contributed by atoms with Gasteiger partial charge >= 0.3 is 0 Å². The Labute approximate surface area is 142 Å². The summed E-state index contributed by atoms with van der Waals surface area (Å²) in [6, 6.07) is 15.9. The SMILES string of the molecule is O=C(CCOc1ccccc1)NCCc1ccc2c(c1)CCCO2. The third-order valence-corrected chi connectivity index (χ3v) is 4.05. The number of rotatable bonds is 7. The summed E-state index contributed by atoms with van der Waals surface area (Å²) in [5, 5.41) is 2.95. The van der Waals surface area contributed by atoms with E-state index in [2.05, 4.69) is 17.4 Å². The lowest BCUT2D eigenvalue weighted by Crippen LogP contribution is -2.27. The third-order valence-electron chi connectivity index (χ3n) is 4.05. The Kier molecular flexibility index (Phi) is 5.72. The van der Waals surface area contributed by atoms with Gasteiger partial charge in [0.2, 0.25) is 5.91 Å². The summed E-state index contributed by atoms with van der Waals surface area (Å²) in [7, 11) is 0. The highest BCUT2D eigenvalue weighted by atomic mass is 16.5. The van der Waals surface area contributed by atoms with Crippen LogP contribution < -0.4 is 14.8 Å². The quantitative estimate of drug-likeness (QED) is 0.851. The first kappa shape index (κ1) is 16.4. The second kappa shape index (κ2) is 8.39. The van der Waals surface area contributed by atoms with Crippen LogP contribution in [0.1, 0.15) is 24.0 Å². The monoisotopic (exact) mass is 325 g/mol. The highest BCUT2D eigenvalue weighted by molar-refractivity contribution is 5.76. The van der Waals surface area contributed by atoms with Crippen molar-refractivity contribution in [3.63, 3.8) is 0 Å². The Balaban J connectivity index is 1.36. The standard InChI is InChI=1S/C20H23NO3/c22-20(11-14-23-18-6-2-1-3-7-18)21-12-10-16-8-9-19-17(15-16)5-4-13-24-19/h1-3,6-9,15H,4-5,10-14H2,(H,21,22). The lowest BCUT2D eigenvalue weighted by Gasteiger charge is -2.18. The molecule has 0 saturated heterocycles. The van der Waals surface area contributed by atoms with Crippen LogP contribution in [0.5, 0.6) is 11.5 Å². The predicted molar refractivity (Wildman–Crippen MR) is 93.5 cm³/mol. The summed E-state index contributed by atoms with van der Waals surface area (Å²) in [5.41, 5.74) is 2.52. The summed E-state index contributed by atoms with van der Waals surface area (Å²) in [6.45, 7) is 1.85. The van der Waals surface area contributed by atoms with E-state index in [1.54, 1.807) is 0 Å². The molecule has 1 N–H and O–H groups in total. The van der Waals surface area contributed by atoms with Gasteiger partial charge in [0.25, 0.3) is 0 Å². The fraction of sp³-hybridized carbons (Fsp3) is 0.350. The van der Waals surface area contributed by atoms with Crippen molar-refractivity contribution in [3.8, 4) is 11.5 Å². The average molecular weight is 325 g/mol. The van der Waals surface area contributed by atoms with Gasteiger partial charge in [0.05, 0.1) is 19.6 Å². The van der Waals surface area contributed by atoms with Crippen LogP contribution in [0.4, 0.5) is 0 Å². The predicted octanol–water partition coefficient (Wildman–Crippen LogP) is 3.14. The number of hydrogen-bond donors (Lipinski definition) is 1. The van der Waals surface area contributed by atoms with E-state index in [1.165, 1.54) is 11.1 Å². The second-order valence-electron chi connectivity index (χ2n) is 5.91. The fourth-order valence-electron chi connectivity index (χ4n) is 2.78. The number of carbonyl (C=O) groups excluding carboxylic acids is 1. The zero-order valence-electron chi connectivity index (χ0n) is 13.8. The second-order valence-corrected chi connectivity index (χ2v) is 5.91. The molecule has 0 bridgehead atoms. The van der Waals surface area contributed by atoms with Gasteiger partial charge in [0.1, 0.15) is 11.5 Å². The van der Waals surface area contributed by atoms with Crippen LogP contribution >= 0.6 is 0 Å².